The van der Waals surface area contributed by atoms with Crippen LogP contribution in [-0.4, -0.2) is 16.6 Å². The summed E-state index contributed by atoms with van der Waals surface area (Å²) in [7, 11) is 0. The van der Waals surface area contributed by atoms with Gasteiger partial charge in [0, 0.05) is 22.3 Å². The van der Waals surface area contributed by atoms with E-state index in [9.17, 15) is 4.79 Å². The third-order valence-corrected chi connectivity index (χ3v) is 4.15. The molecule has 0 aliphatic heterocycles. The molecule has 1 aliphatic carbocycles. The van der Waals surface area contributed by atoms with E-state index in [2.05, 4.69) is 19.2 Å². The summed E-state index contributed by atoms with van der Waals surface area (Å²) >= 11 is 1.51. The molecule has 3 nitrogen and oxygen atoms in total. The highest BCUT2D eigenvalue weighted by Crippen LogP contribution is 2.39. The first-order valence-electron chi connectivity index (χ1n) is 5.55. The Morgan fingerprint density at radius 1 is 1.62 bits per heavy atom. The fourth-order valence-electron chi connectivity index (χ4n) is 1.85. The molecule has 4 heteroatoms. The minimum Gasteiger partial charge on any atom is -0.478 e. The summed E-state index contributed by atoms with van der Waals surface area (Å²) in [6.07, 6.45) is 2.62. The number of rotatable bonds is 5. The molecule has 0 aromatic carbocycles. The third-order valence-electron chi connectivity index (χ3n) is 3.22. The summed E-state index contributed by atoms with van der Waals surface area (Å²) in [5.41, 5.74) is 0.568. The summed E-state index contributed by atoms with van der Waals surface area (Å²) in [5.74, 6) is -0.0599. The van der Waals surface area contributed by atoms with Crippen LogP contribution < -0.4 is 5.32 Å². The van der Waals surface area contributed by atoms with E-state index in [1.54, 1.807) is 11.4 Å². The average molecular weight is 239 g/mol. The van der Waals surface area contributed by atoms with E-state index in [0.717, 1.165) is 17.3 Å². The fourth-order valence-corrected chi connectivity index (χ4v) is 2.65. The molecular weight excluding hydrogens is 222 g/mol. The second-order valence-corrected chi connectivity index (χ2v) is 5.95. The van der Waals surface area contributed by atoms with E-state index in [1.165, 1.54) is 24.2 Å². The number of carboxylic acid groups (broad SMARTS) is 1. The fraction of sp³-hybridized carbons (Fsp3) is 0.583. The first-order valence-corrected chi connectivity index (χ1v) is 6.43. The summed E-state index contributed by atoms with van der Waals surface area (Å²) < 4.78 is 0. The van der Waals surface area contributed by atoms with Gasteiger partial charge in [0.05, 0.1) is 5.56 Å². The Hall–Kier alpha value is -0.870. The van der Waals surface area contributed by atoms with E-state index < -0.39 is 5.97 Å². The molecule has 2 rings (SSSR count). The topological polar surface area (TPSA) is 49.3 Å². The van der Waals surface area contributed by atoms with Crippen LogP contribution in [0.4, 0.5) is 0 Å². The number of thiophene rings is 1. The SMILES string of the molecule is CC(C)(NCc1cc(C(=O)O)cs1)C1CC1. The molecule has 1 aliphatic rings. The van der Waals surface area contributed by atoms with E-state index in [1.807, 2.05) is 0 Å². The van der Waals surface area contributed by atoms with Crippen molar-refractivity contribution < 1.29 is 9.90 Å². The van der Waals surface area contributed by atoms with Gasteiger partial charge in [0.15, 0.2) is 0 Å². The normalized spacial score (nSPS) is 16.4. The zero-order valence-electron chi connectivity index (χ0n) is 9.62. The largest absolute Gasteiger partial charge is 0.478 e. The van der Waals surface area contributed by atoms with Gasteiger partial charge in [0.25, 0.3) is 0 Å². The molecular formula is C12H17NO2S. The van der Waals surface area contributed by atoms with Gasteiger partial charge in [-0.2, -0.15) is 0 Å². The molecule has 1 aromatic rings. The molecule has 16 heavy (non-hydrogen) atoms. The Morgan fingerprint density at radius 2 is 2.31 bits per heavy atom. The van der Waals surface area contributed by atoms with Crippen molar-refractivity contribution >= 4 is 17.3 Å². The number of carbonyl (C=O) groups is 1. The number of aromatic carboxylic acids is 1. The van der Waals surface area contributed by atoms with Crippen LogP contribution in [0.15, 0.2) is 11.4 Å². The van der Waals surface area contributed by atoms with Crippen LogP contribution in [0.5, 0.6) is 0 Å². The molecule has 0 atom stereocenters. The Balaban J connectivity index is 1.91. The summed E-state index contributed by atoms with van der Waals surface area (Å²) in [6.45, 7) is 5.20. The Morgan fingerprint density at radius 3 is 2.81 bits per heavy atom. The van der Waals surface area contributed by atoms with Gasteiger partial charge in [-0.05, 0) is 38.7 Å². The van der Waals surface area contributed by atoms with Gasteiger partial charge in [-0.15, -0.1) is 11.3 Å². The Bertz CT molecular complexity index is 393. The predicted octanol–water partition coefficient (Wildman–Crippen LogP) is 2.72. The zero-order valence-corrected chi connectivity index (χ0v) is 10.4. The lowest BCUT2D eigenvalue weighted by molar-refractivity contribution is 0.0697. The van der Waals surface area contributed by atoms with Crippen LogP contribution in [0, 0.1) is 5.92 Å². The van der Waals surface area contributed by atoms with Crippen molar-refractivity contribution in [1.82, 2.24) is 5.32 Å². The molecule has 0 radical (unpaired) electrons. The summed E-state index contributed by atoms with van der Waals surface area (Å²) in [5, 5.41) is 14.0. The number of carboxylic acids is 1. The molecule has 1 saturated carbocycles. The van der Waals surface area contributed by atoms with Gasteiger partial charge >= 0.3 is 5.97 Å². The molecule has 88 valence electrons. The van der Waals surface area contributed by atoms with Crippen LogP contribution in [0.3, 0.4) is 0 Å². The van der Waals surface area contributed by atoms with Gasteiger partial charge in [0.1, 0.15) is 0 Å². The molecule has 0 spiro atoms. The maximum atomic E-state index is 10.7. The minimum absolute atomic E-state index is 0.174. The maximum Gasteiger partial charge on any atom is 0.336 e. The summed E-state index contributed by atoms with van der Waals surface area (Å²) in [6, 6.07) is 1.75. The van der Waals surface area contributed by atoms with Gasteiger partial charge in [-0.1, -0.05) is 0 Å². The van der Waals surface area contributed by atoms with Crippen molar-refractivity contribution in [2.24, 2.45) is 5.92 Å². The number of hydrogen-bond donors (Lipinski definition) is 2. The Kier molecular flexibility index (Phi) is 3.04. The van der Waals surface area contributed by atoms with Gasteiger partial charge < -0.3 is 10.4 Å². The van der Waals surface area contributed by atoms with Crippen molar-refractivity contribution in [2.45, 2.75) is 38.8 Å². The lowest BCUT2D eigenvalue weighted by Gasteiger charge is -2.25. The van der Waals surface area contributed by atoms with Crippen LogP contribution in [0.1, 0.15) is 41.9 Å². The van der Waals surface area contributed by atoms with Crippen LogP contribution in [-0.2, 0) is 6.54 Å². The van der Waals surface area contributed by atoms with Gasteiger partial charge in [-0.25, -0.2) is 4.79 Å². The van der Waals surface area contributed by atoms with Gasteiger partial charge in [0.2, 0.25) is 0 Å². The maximum absolute atomic E-state index is 10.7. The molecule has 2 N–H and O–H groups in total. The van der Waals surface area contributed by atoms with E-state index in [0.29, 0.717) is 5.56 Å². The zero-order chi connectivity index (χ0) is 11.8. The van der Waals surface area contributed by atoms with E-state index in [-0.39, 0.29) is 5.54 Å². The third kappa shape index (κ3) is 2.62. The van der Waals surface area contributed by atoms with Crippen LogP contribution >= 0.6 is 11.3 Å². The van der Waals surface area contributed by atoms with Crippen molar-refractivity contribution in [1.29, 1.82) is 0 Å². The Labute approximate surface area is 99.5 Å². The second-order valence-electron chi connectivity index (χ2n) is 4.96. The highest BCUT2D eigenvalue weighted by atomic mass is 32.1. The van der Waals surface area contributed by atoms with Crippen molar-refractivity contribution in [3.8, 4) is 0 Å². The smallest absolute Gasteiger partial charge is 0.336 e. The lowest BCUT2D eigenvalue weighted by Crippen LogP contribution is -2.40. The molecule has 0 saturated heterocycles. The second kappa shape index (κ2) is 4.18. The van der Waals surface area contributed by atoms with E-state index >= 15 is 0 Å². The highest BCUT2D eigenvalue weighted by Gasteiger charge is 2.37. The highest BCUT2D eigenvalue weighted by molar-refractivity contribution is 7.10. The molecule has 1 aromatic heterocycles. The van der Waals surface area contributed by atoms with Crippen molar-refractivity contribution in [3.63, 3.8) is 0 Å². The average Bonchev–Trinajstić information content (AvgIpc) is 2.95. The molecule has 0 bridgehead atoms. The van der Waals surface area contributed by atoms with Crippen LogP contribution in [0.2, 0.25) is 0 Å². The summed E-state index contributed by atoms with van der Waals surface area (Å²) in [4.78, 5) is 11.8. The molecule has 0 amide bonds. The van der Waals surface area contributed by atoms with E-state index in [4.69, 9.17) is 5.11 Å². The molecule has 0 unspecified atom stereocenters. The van der Waals surface area contributed by atoms with Gasteiger partial charge in [-0.3, -0.25) is 0 Å². The minimum atomic E-state index is -0.844. The van der Waals surface area contributed by atoms with Crippen molar-refractivity contribution in [2.75, 3.05) is 0 Å². The first kappa shape index (κ1) is 11.6. The first-order chi connectivity index (χ1) is 7.49. The van der Waals surface area contributed by atoms with Crippen LogP contribution in [0.25, 0.3) is 0 Å². The van der Waals surface area contributed by atoms with Crippen molar-refractivity contribution in [3.05, 3.63) is 21.9 Å². The predicted molar refractivity (Wildman–Crippen MR) is 64.9 cm³/mol. The molecule has 1 heterocycles. The quantitative estimate of drug-likeness (QED) is 0.830. The monoisotopic (exact) mass is 239 g/mol. The number of hydrogen-bond acceptors (Lipinski definition) is 3. The standard InChI is InChI=1S/C12H17NO2S/c1-12(2,9-3-4-9)13-6-10-5-8(7-16-10)11(14)15/h5,7,9,13H,3-4,6H2,1-2H3,(H,14,15). The number of nitrogens with one attached hydrogen (secondary N) is 1. The lowest BCUT2D eigenvalue weighted by atomic mass is 9.99. The molecule has 1 fully saturated rings.